The number of Topliss-reactive ketones (excluding diaryl/α,β-unsaturated/α-hetero) is 1. The molecular weight excluding hydrogens is 378 g/mol. The van der Waals surface area contributed by atoms with E-state index in [1.54, 1.807) is 12.1 Å². The van der Waals surface area contributed by atoms with E-state index in [4.69, 9.17) is 21.1 Å². The highest BCUT2D eigenvalue weighted by Crippen LogP contribution is 2.26. The molecular formula is C22H26ClNO4. The van der Waals surface area contributed by atoms with E-state index in [0.29, 0.717) is 17.3 Å². The molecule has 0 saturated heterocycles. The minimum absolute atomic E-state index is 0.0140. The molecule has 0 unspecified atom stereocenters. The van der Waals surface area contributed by atoms with Gasteiger partial charge in [-0.15, -0.1) is 0 Å². The SMILES string of the molecule is COCC(=O)COc1ccc2c(c1)C[C@@H](NC[C@H](O)c1cccc(Cl)c1)CC2. The first kappa shape index (κ1) is 20.8. The van der Waals surface area contributed by atoms with Crippen molar-refractivity contribution in [1.82, 2.24) is 5.32 Å². The molecule has 2 aromatic rings. The van der Waals surface area contributed by atoms with Gasteiger partial charge in [-0.3, -0.25) is 4.79 Å². The predicted molar refractivity (Wildman–Crippen MR) is 109 cm³/mol. The second-order valence-electron chi connectivity index (χ2n) is 7.11. The van der Waals surface area contributed by atoms with Crippen molar-refractivity contribution < 1.29 is 19.4 Å². The van der Waals surface area contributed by atoms with E-state index in [2.05, 4.69) is 11.4 Å². The number of nitrogens with one attached hydrogen (secondary N) is 1. The van der Waals surface area contributed by atoms with Gasteiger partial charge in [0.1, 0.15) is 19.0 Å². The highest BCUT2D eigenvalue weighted by molar-refractivity contribution is 6.30. The summed E-state index contributed by atoms with van der Waals surface area (Å²) in [6, 6.07) is 13.6. The van der Waals surface area contributed by atoms with Crippen LogP contribution in [0, 0.1) is 0 Å². The molecule has 0 heterocycles. The molecule has 2 atom stereocenters. The summed E-state index contributed by atoms with van der Waals surface area (Å²) < 4.78 is 10.4. The van der Waals surface area contributed by atoms with Gasteiger partial charge in [-0.25, -0.2) is 0 Å². The molecule has 1 aliphatic rings. The molecule has 6 heteroatoms. The van der Waals surface area contributed by atoms with Crippen LogP contribution in [0.25, 0.3) is 0 Å². The summed E-state index contributed by atoms with van der Waals surface area (Å²) in [5, 5.41) is 14.5. The maximum Gasteiger partial charge on any atom is 0.195 e. The van der Waals surface area contributed by atoms with Crippen LogP contribution in [0.4, 0.5) is 0 Å². The van der Waals surface area contributed by atoms with Gasteiger partial charge in [-0.05, 0) is 60.2 Å². The summed E-state index contributed by atoms with van der Waals surface area (Å²) >= 11 is 6.00. The van der Waals surface area contributed by atoms with Crippen LogP contribution >= 0.6 is 11.6 Å². The first-order chi connectivity index (χ1) is 13.5. The van der Waals surface area contributed by atoms with Crippen molar-refractivity contribution in [1.29, 1.82) is 0 Å². The summed E-state index contributed by atoms with van der Waals surface area (Å²) in [5.74, 6) is 0.609. The quantitative estimate of drug-likeness (QED) is 0.673. The maximum atomic E-state index is 11.6. The highest BCUT2D eigenvalue weighted by atomic mass is 35.5. The van der Waals surface area contributed by atoms with Gasteiger partial charge in [-0.2, -0.15) is 0 Å². The molecule has 0 fully saturated rings. The average Bonchev–Trinajstić information content (AvgIpc) is 2.70. The van der Waals surface area contributed by atoms with E-state index in [1.807, 2.05) is 24.3 Å². The molecule has 2 aromatic carbocycles. The van der Waals surface area contributed by atoms with Crippen molar-refractivity contribution in [2.45, 2.75) is 31.4 Å². The Bertz CT molecular complexity index is 811. The third-order valence-corrected chi connectivity index (χ3v) is 5.18. The van der Waals surface area contributed by atoms with Crippen LogP contribution in [-0.4, -0.2) is 43.8 Å². The Morgan fingerprint density at radius 3 is 2.89 bits per heavy atom. The molecule has 0 aliphatic heterocycles. The third-order valence-electron chi connectivity index (χ3n) is 4.94. The lowest BCUT2D eigenvalue weighted by molar-refractivity contribution is -0.124. The Morgan fingerprint density at radius 2 is 2.11 bits per heavy atom. The number of hydrogen-bond acceptors (Lipinski definition) is 5. The zero-order chi connectivity index (χ0) is 19.9. The predicted octanol–water partition coefficient (Wildman–Crippen LogP) is 3.11. The Labute approximate surface area is 170 Å². The second-order valence-corrected chi connectivity index (χ2v) is 7.55. The van der Waals surface area contributed by atoms with Crippen LogP contribution in [0.15, 0.2) is 42.5 Å². The van der Waals surface area contributed by atoms with Crippen molar-refractivity contribution in [2.24, 2.45) is 0 Å². The second kappa shape index (κ2) is 10.0. The van der Waals surface area contributed by atoms with Gasteiger partial charge in [0.15, 0.2) is 5.78 Å². The summed E-state index contributed by atoms with van der Waals surface area (Å²) in [6.07, 6.45) is 2.26. The van der Waals surface area contributed by atoms with Crippen LogP contribution in [0.5, 0.6) is 5.75 Å². The van der Waals surface area contributed by atoms with Gasteiger partial charge in [0.25, 0.3) is 0 Å². The van der Waals surface area contributed by atoms with E-state index in [-0.39, 0.29) is 25.0 Å². The molecule has 28 heavy (non-hydrogen) atoms. The van der Waals surface area contributed by atoms with E-state index in [9.17, 15) is 9.90 Å². The van der Waals surface area contributed by atoms with Crippen molar-refractivity contribution >= 4 is 17.4 Å². The summed E-state index contributed by atoms with van der Waals surface area (Å²) in [6.45, 7) is 0.550. The molecule has 0 amide bonds. The minimum Gasteiger partial charge on any atom is -0.486 e. The minimum atomic E-state index is -0.596. The number of halogens is 1. The van der Waals surface area contributed by atoms with Crippen molar-refractivity contribution in [2.75, 3.05) is 26.9 Å². The lowest BCUT2D eigenvalue weighted by Gasteiger charge is -2.27. The van der Waals surface area contributed by atoms with Gasteiger partial charge in [0.2, 0.25) is 0 Å². The molecule has 0 radical (unpaired) electrons. The molecule has 2 N–H and O–H groups in total. The fourth-order valence-corrected chi connectivity index (χ4v) is 3.67. The summed E-state index contributed by atoms with van der Waals surface area (Å²) in [4.78, 5) is 11.6. The Morgan fingerprint density at radius 1 is 1.25 bits per heavy atom. The largest absolute Gasteiger partial charge is 0.486 e. The normalized spacial score (nSPS) is 17.0. The maximum absolute atomic E-state index is 11.6. The number of ether oxygens (including phenoxy) is 2. The number of methoxy groups -OCH3 is 1. The molecule has 0 bridgehead atoms. The number of hydrogen-bond donors (Lipinski definition) is 2. The summed E-state index contributed by atoms with van der Waals surface area (Å²) in [7, 11) is 1.49. The van der Waals surface area contributed by atoms with Gasteiger partial charge in [0.05, 0.1) is 6.10 Å². The van der Waals surface area contributed by atoms with Gasteiger partial charge >= 0.3 is 0 Å². The average molecular weight is 404 g/mol. The Balaban J connectivity index is 1.54. The van der Waals surface area contributed by atoms with Crippen molar-refractivity contribution in [3.8, 4) is 5.75 Å². The number of benzene rings is 2. The summed E-state index contributed by atoms with van der Waals surface area (Å²) in [5.41, 5.74) is 3.34. The molecule has 0 aromatic heterocycles. The number of fused-ring (bicyclic) bond motifs is 1. The molecule has 3 rings (SSSR count). The lowest BCUT2D eigenvalue weighted by Crippen LogP contribution is -2.37. The third kappa shape index (κ3) is 5.79. The number of aryl methyl sites for hydroxylation is 1. The number of ketones is 1. The zero-order valence-electron chi connectivity index (χ0n) is 16.0. The molecule has 0 spiro atoms. The highest BCUT2D eigenvalue weighted by Gasteiger charge is 2.20. The van der Waals surface area contributed by atoms with Crippen LogP contribution in [0.3, 0.4) is 0 Å². The van der Waals surface area contributed by atoms with Crippen LogP contribution in [0.1, 0.15) is 29.2 Å². The molecule has 5 nitrogen and oxygen atoms in total. The van der Waals surface area contributed by atoms with E-state index >= 15 is 0 Å². The van der Waals surface area contributed by atoms with E-state index < -0.39 is 6.10 Å². The molecule has 1 aliphatic carbocycles. The number of aliphatic hydroxyl groups excluding tert-OH is 1. The van der Waals surface area contributed by atoms with Gasteiger partial charge < -0.3 is 19.9 Å². The fraction of sp³-hybridized carbons (Fsp3) is 0.409. The lowest BCUT2D eigenvalue weighted by atomic mass is 9.88. The number of carbonyl (C=O) groups excluding carboxylic acids is 1. The van der Waals surface area contributed by atoms with Crippen LogP contribution < -0.4 is 10.1 Å². The Hall–Kier alpha value is -1.92. The van der Waals surface area contributed by atoms with Gasteiger partial charge in [-0.1, -0.05) is 29.8 Å². The molecule has 0 saturated carbocycles. The topological polar surface area (TPSA) is 67.8 Å². The van der Waals surface area contributed by atoms with Crippen molar-refractivity contribution in [3.63, 3.8) is 0 Å². The fourth-order valence-electron chi connectivity index (χ4n) is 3.47. The van der Waals surface area contributed by atoms with E-state index in [0.717, 1.165) is 24.8 Å². The molecule has 150 valence electrons. The van der Waals surface area contributed by atoms with Crippen LogP contribution in [0.2, 0.25) is 5.02 Å². The monoisotopic (exact) mass is 403 g/mol. The standard InChI is InChI=1S/C22H26ClNO4/c1-27-13-20(25)14-28-21-8-6-15-5-7-19(10-17(15)11-21)24-12-22(26)16-3-2-4-18(23)9-16/h2-4,6,8-9,11,19,22,24,26H,5,7,10,12-14H2,1H3/t19-,22-/m0/s1. The first-order valence-corrected chi connectivity index (χ1v) is 9.85. The zero-order valence-corrected chi connectivity index (χ0v) is 16.7. The van der Waals surface area contributed by atoms with E-state index in [1.165, 1.54) is 18.2 Å². The van der Waals surface area contributed by atoms with Crippen LogP contribution in [-0.2, 0) is 22.4 Å². The Kier molecular flexibility index (Phi) is 7.45. The first-order valence-electron chi connectivity index (χ1n) is 9.47. The number of aliphatic hydroxyl groups is 1. The van der Waals surface area contributed by atoms with Gasteiger partial charge in [0, 0.05) is 24.7 Å². The number of rotatable bonds is 9. The smallest absolute Gasteiger partial charge is 0.195 e. The number of carbonyl (C=O) groups is 1. The van der Waals surface area contributed by atoms with Crippen molar-refractivity contribution in [3.05, 3.63) is 64.2 Å².